The van der Waals surface area contributed by atoms with E-state index in [0.717, 1.165) is 11.8 Å². The lowest BCUT2D eigenvalue weighted by Crippen LogP contribution is -2.03. The highest BCUT2D eigenvalue weighted by Gasteiger charge is 2.07. The second-order valence-electron chi connectivity index (χ2n) is 4.73. The Balaban J connectivity index is 3.32. The van der Waals surface area contributed by atoms with E-state index >= 15 is 0 Å². The van der Waals surface area contributed by atoms with Crippen molar-refractivity contribution in [1.29, 1.82) is 0 Å². The van der Waals surface area contributed by atoms with Gasteiger partial charge < -0.3 is 0 Å². The normalized spacial score (nSPS) is 15.7. The third kappa shape index (κ3) is 8.33. The minimum absolute atomic E-state index is 0.946. The SMILES string of the molecule is CCCCCC(C)CC(C)CCC. The van der Waals surface area contributed by atoms with Crippen LogP contribution in [0.4, 0.5) is 0 Å². The number of rotatable bonds is 8. The van der Waals surface area contributed by atoms with Crippen molar-refractivity contribution in [3.05, 3.63) is 0 Å². The van der Waals surface area contributed by atoms with Gasteiger partial charge in [0.2, 0.25) is 0 Å². The Kier molecular flexibility index (Phi) is 8.59. The molecule has 0 rings (SSSR count). The van der Waals surface area contributed by atoms with Gasteiger partial charge in [-0.3, -0.25) is 0 Å². The Morgan fingerprint density at radius 2 is 1.38 bits per heavy atom. The average Bonchev–Trinajstić information content (AvgIpc) is 2.05. The fourth-order valence-corrected chi connectivity index (χ4v) is 2.16. The highest BCUT2D eigenvalue weighted by Crippen LogP contribution is 2.20. The summed E-state index contributed by atoms with van der Waals surface area (Å²) in [6, 6.07) is 0. The van der Waals surface area contributed by atoms with Crippen LogP contribution in [0.2, 0.25) is 0 Å². The summed E-state index contributed by atoms with van der Waals surface area (Å²) in [4.78, 5) is 0. The van der Waals surface area contributed by atoms with E-state index < -0.39 is 0 Å². The van der Waals surface area contributed by atoms with E-state index in [1.807, 2.05) is 0 Å². The zero-order valence-corrected chi connectivity index (χ0v) is 10.1. The van der Waals surface area contributed by atoms with Gasteiger partial charge in [-0.1, -0.05) is 66.2 Å². The molecule has 0 aromatic rings. The second kappa shape index (κ2) is 8.59. The van der Waals surface area contributed by atoms with E-state index in [1.54, 1.807) is 0 Å². The molecule has 13 heavy (non-hydrogen) atoms. The summed E-state index contributed by atoms with van der Waals surface area (Å²) >= 11 is 0. The van der Waals surface area contributed by atoms with Gasteiger partial charge in [0, 0.05) is 0 Å². The molecular weight excluding hydrogens is 156 g/mol. The van der Waals surface area contributed by atoms with Crippen molar-refractivity contribution < 1.29 is 0 Å². The molecular formula is C13H28. The Bertz CT molecular complexity index is 96.2. The molecule has 0 nitrogen and oxygen atoms in total. The van der Waals surface area contributed by atoms with Crippen LogP contribution in [0.15, 0.2) is 0 Å². The Morgan fingerprint density at radius 1 is 0.769 bits per heavy atom. The van der Waals surface area contributed by atoms with E-state index in [1.165, 1.54) is 44.9 Å². The number of hydrogen-bond donors (Lipinski definition) is 0. The van der Waals surface area contributed by atoms with Crippen LogP contribution in [0.5, 0.6) is 0 Å². The van der Waals surface area contributed by atoms with Gasteiger partial charge in [0.1, 0.15) is 0 Å². The van der Waals surface area contributed by atoms with E-state index in [-0.39, 0.29) is 0 Å². The minimum atomic E-state index is 0.946. The molecule has 2 unspecified atom stereocenters. The molecule has 0 aliphatic heterocycles. The maximum absolute atomic E-state index is 2.42. The molecule has 0 heteroatoms. The van der Waals surface area contributed by atoms with Crippen LogP contribution in [0.25, 0.3) is 0 Å². The highest BCUT2D eigenvalue weighted by atomic mass is 14.1. The molecule has 2 atom stereocenters. The molecule has 0 amide bonds. The zero-order chi connectivity index (χ0) is 10.1. The van der Waals surface area contributed by atoms with Crippen LogP contribution in [-0.2, 0) is 0 Å². The molecule has 0 aliphatic carbocycles. The van der Waals surface area contributed by atoms with Crippen molar-refractivity contribution in [2.24, 2.45) is 11.8 Å². The second-order valence-corrected chi connectivity index (χ2v) is 4.73. The summed E-state index contributed by atoms with van der Waals surface area (Å²) in [5, 5.41) is 0. The summed E-state index contributed by atoms with van der Waals surface area (Å²) in [6.07, 6.45) is 9.88. The first-order chi connectivity index (χ1) is 6.20. The lowest BCUT2D eigenvalue weighted by atomic mass is 9.90. The predicted octanol–water partition coefficient (Wildman–Crippen LogP) is 5.03. The number of unbranched alkanes of at least 4 members (excludes halogenated alkanes) is 2. The molecule has 0 spiro atoms. The third-order valence-electron chi connectivity index (χ3n) is 2.89. The summed E-state index contributed by atoms with van der Waals surface area (Å²) < 4.78 is 0. The van der Waals surface area contributed by atoms with Crippen LogP contribution >= 0.6 is 0 Å². The lowest BCUT2D eigenvalue weighted by molar-refractivity contribution is 0.366. The van der Waals surface area contributed by atoms with Gasteiger partial charge in [0.05, 0.1) is 0 Å². The van der Waals surface area contributed by atoms with Crippen LogP contribution < -0.4 is 0 Å². The fraction of sp³-hybridized carbons (Fsp3) is 1.00. The predicted molar refractivity (Wildman–Crippen MR) is 62.0 cm³/mol. The summed E-state index contributed by atoms with van der Waals surface area (Å²) in [5.74, 6) is 1.90. The monoisotopic (exact) mass is 184 g/mol. The van der Waals surface area contributed by atoms with Crippen LogP contribution in [0, 0.1) is 11.8 Å². The van der Waals surface area contributed by atoms with Gasteiger partial charge in [-0.15, -0.1) is 0 Å². The van der Waals surface area contributed by atoms with Gasteiger partial charge in [-0.25, -0.2) is 0 Å². The smallest absolute Gasteiger partial charge is 0.0440 e. The van der Waals surface area contributed by atoms with Crippen molar-refractivity contribution in [2.45, 2.75) is 72.6 Å². The highest BCUT2D eigenvalue weighted by molar-refractivity contribution is 4.59. The van der Waals surface area contributed by atoms with Gasteiger partial charge in [-0.2, -0.15) is 0 Å². The Hall–Kier alpha value is 0. The standard InChI is InChI=1S/C13H28/c1-5-7-8-10-13(4)11-12(3)9-6-2/h12-13H,5-11H2,1-4H3. The van der Waals surface area contributed by atoms with E-state index in [2.05, 4.69) is 27.7 Å². The molecule has 0 N–H and O–H groups in total. The molecule has 0 aromatic carbocycles. The molecule has 0 aromatic heterocycles. The average molecular weight is 184 g/mol. The van der Waals surface area contributed by atoms with Crippen molar-refractivity contribution in [2.75, 3.05) is 0 Å². The molecule has 0 radical (unpaired) electrons. The van der Waals surface area contributed by atoms with Crippen molar-refractivity contribution in [1.82, 2.24) is 0 Å². The topological polar surface area (TPSA) is 0 Å². The molecule has 0 saturated heterocycles. The first-order valence-corrected chi connectivity index (χ1v) is 6.20. The molecule has 80 valence electrons. The van der Waals surface area contributed by atoms with Crippen LogP contribution in [0.3, 0.4) is 0 Å². The first-order valence-electron chi connectivity index (χ1n) is 6.20. The molecule has 0 fully saturated rings. The molecule has 0 saturated carbocycles. The quantitative estimate of drug-likeness (QED) is 0.464. The van der Waals surface area contributed by atoms with Crippen molar-refractivity contribution in [3.8, 4) is 0 Å². The van der Waals surface area contributed by atoms with Crippen LogP contribution in [-0.4, -0.2) is 0 Å². The van der Waals surface area contributed by atoms with Crippen molar-refractivity contribution in [3.63, 3.8) is 0 Å². The first kappa shape index (κ1) is 13.0. The molecule has 0 bridgehead atoms. The summed E-state index contributed by atoms with van der Waals surface area (Å²) in [5.41, 5.74) is 0. The van der Waals surface area contributed by atoms with Crippen LogP contribution in [0.1, 0.15) is 72.6 Å². The Labute approximate surface area is 85.1 Å². The van der Waals surface area contributed by atoms with Gasteiger partial charge in [0.25, 0.3) is 0 Å². The van der Waals surface area contributed by atoms with E-state index in [9.17, 15) is 0 Å². The Morgan fingerprint density at radius 3 is 1.92 bits per heavy atom. The maximum atomic E-state index is 2.42. The lowest BCUT2D eigenvalue weighted by Gasteiger charge is -2.16. The molecule has 0 heterocycles. The van der Waals surface area contributed by atoms with Gasteiger partial charge in [-0.05, 0) is 18.3 Å². The fourth-order valence-electron chi connectivity index (χ4n) is 2.16. The van der Waals surface area contributed by atoms with E-state index in [4.69, 9.17) is 0 Å². The maximum Gasteiger partial charge on any atom is -0.0440 e. The number of hydrogen-bond acceptors (Lipinski definition) is 0. The van der Waals surface area contributed by atoms with Crippen molar-refractivity contribution >= 4 is 0 Å². The zero-order valence-electron chi connectivity index (χ0n) is 10.1. The molecule has 0 aliphatic rings. The summed E-state index contributed by atoms with van der Waals surface area (Å²) in [6.45, 7) is 9.39. The minimum Gasteiger partial charge on any atom is -0.0654 e. The third-order valence-corrected chi connectivity index (χ3v) is 2.89. The largest absolute Gasteiger partial charge is 0.0654 e. The van der Waals surface area contributed by atoms with Gasteiger partial charge in [0.15, 0.2) is 0 Å². The summed E-state index contributed by atoms with van der Waals surface area (Å²) in [7, 11) is 0. The van der Waals surface area contributed by atoms with E-state index in [0.29, 0.717) is 0 Å². The van der Waals surface area contributed by atoms with Gasteiger partial charge >= 0.3 is 0 Å².